The molecule has 1 N–H and O–H groups in total. The SMILES string of the molecule is C#CC(C)OC(=O)Nc1ccc(OCC)c(CCC)c1. The van der Waals surface area contributed by atoms with Gasteiger partial charge < -0.3 is 9.47 Å². The maximum Gasteiger partial charge on any atom is 0.412 e. The summed E-state index contributed by atoms with van der Waals surface area (Å²) in [5, 5.41) is 2.66. The lowest BCUT2D eigenvalue weighted by molar-refractivity contribution is 0.145. The molecular weight excluding hydrogens is 254 g/mol. The van der Waals surface area contributed by atoms with Crippen LogP contribution in [0.3, 0.4) is 0 Å². The topological polar surface area (TPSA) is 47.6 Å². The highest BCUT2D eigenvalue weighted by Crippen LogP contribution is 2.24. The van der Waals surface area contributed by atoms with Gasteiger partial charge in [-0.1, -0.05) is 19.3 Å². The van der Waals surface area contributed by atoms with Crippen molar-refractivity contribution in [2.24, 2.45) is 0 Å². The number of hydrogen-bond acceptors (Lipinski definition) is 3. The molecular formula is C16H21NO3. The molecule has 0 spiro atoms. The summed E-state index contributed by atoms with van der Waals surface area (Å²) in [6, 6.07) is 5.54. The molecule has 108 valence electrons. The molecule has 0 saturated heterocycles. The van der Waals surface area contributed by atoms with E-state index < -0.39 is 12.2 Å². The molecule has 0 bridgehead atoms. The quantitative estimate of drug-likeness (QED) is 0.807. The number of ether oxygens (including phenoxy) is 2. The van der Waals surface area contributed by atoms with Gasteiger partial charge in [0.15, 0.2) is 6.10 Å². The normalized spacial score (nSPS) is 11.3. The number of terminal acetylenes is 1. The molecule has 0 saturated carbocycles. The Kier molecular flexibility index (Phi) is 6.45. The Bertz CT molecular complexity index is 491. The lowest BCUT2D eigenvalue weighted by atomic mass is 10.1. The molecule has 1 unspecified atom stereocenters. The summed E-state index contributed by atoms with van der Waals surface area (Å²) in [6.45, 7) is 6.30. The van der Waals surface area contributed by atoms with Crippen molar-refractivity contribution in [2.75, 3.05) is 11.9 Å². The van der Waals surface area contributed by atoms with Crippen LogP contribution in [0.25, 0.3) is 0 Å². The summed E-state index contributed by atoms with van der Waals surface area (Å²) >= 11 is 0. The van der Waals surface area contributed by atoms with Crippen LogP contribution in [0.4, 0.5) is 10.5 Å². The monoisotopic (exact) mass is 275 g/mol. The van der Waals surface area contributed by atoms with Crippen molar-refractivity contribution in [3.05, 3.63) is 23.8 Å². The van der Waals surface area contributed by atoms with Crippen molar-refractivity contribution in [1.82, 2.24) is 0 Å². The van der Waals surface area contributed by atoms with E-state index in [2.05, 4.69) is 18.2 Å². The molecule has 0 heterocycles. The van der Waals surface area contributed by atoms with Crippen LogP contribution < -0.4 is 10.1 Å². The smallest absolute Gasteiger partial charge is 0.412 e. The van der Waals surface area contributed by atoms with E-state index in [0.717, 1.165) is 24.2 Å². The van der Waals surface area contributed by atoms with E-state index in [-0.39, 0.29) is 0 Å². The predicted molar refractivity (Wildman–Crippen MR) is 80.0 cm³/mol. The summed E-state index contributed by atoms with van der Waals surface area (Å²) in [5.41, 5.74) is 1.74. The Labute approximate surface area is 120 Å². The molecule has 0 aliphatic rings. The number of aryl methyl sites for hydroxylation is 1. The first kappa shape index (κ1) is 15.9. The molecule has 1 aromatic rings. The zero-order valence-corrected chi connectivity index (χ0v) is 12.2. The Morgan fingerprint density at radius 2 is 2.20 bits per heavy atom. The van der Waals surface area contributed by atoms with Crippen molar-refractivity contribution in [3.8, 4) is 18.1 Å². The third-order valence-electron chi connectivity index (χ3n) is 2.64. The van der Waals surface area contributed by atoms with Crippen LogP contribution in [0, 0.1) is 12.3 Å². The average molecular weight is 275 g/mol. The van der Waals surface area contributed by atoms with Gasteiger partial charge in [0.2, 0.25) is 0 Å². The molecule has 0 aliphatic carbocycles. The van der Waals surface area contributed by atoms with Crippen LogP contribution in [0.2, 0.25) is 0 Å². The van der Waals surface area contributed by atoms with E-state index >= 15 is 0 Å². The first-order valence-corrected chi connectivity index (χ1v) is 6.80. The maximum absolute atomic E-state index is 11.6. The van der Waals surface area contributed by atoms with E-state index in [9.17, 15) is 4.79 Å². The summed E-state index contributed by atoms with van der Waals surface area (Å²) in [7, 11) is 0. The third kappa shape index (κ3) is 4.85. The van der Waals surface area contributed by atoms with Crippen molar-refractivity contribution in [3.63, 3.8) is 0 Å². The van der Waals surface area contributed by atoms with E-state index in [1.54, 1.807) is 13.0 Å². The summed E-state index contributed by atoms with van der Waals surface area (Å²) in [6.07, 6.45) is 5.95. The van der Waals surface area contributed by atoms with Crippen LogP contribution in [-0.4, -0.2) is 18.8 Å². The molecule has 0 aliphatic heterocycles. The maximum atomic E-state index is 11.6. The van der Waals surface area contributed by atoms with Gasteiger partial charge in [0.05, 0.1) is 6.61 Å². The van der Waals surface area contributed by atoms with Crippen molar-refractivity contribution < 1.29 is 14.3 Å². The molecule has 0 fully saturated rings. The van der Waals surface area contributed by atoms with Gasteiger partial charge in [-0.05, 0) is 44.0 Å². The average Bonchev–Trinajstić information content (AvgIpc) is 2.42. The minimum absolute atomic E-state index is 0.548. The Morgan fingerprint density at radius 3 is 2.80 bits per heavy atom. The number of amides is 1. The second-order valence-corrected chi connectivity index (χ2v) is 4.34. The zero-order chi connectivity index (χ0) is 15.0. The highest BCUT2D eigenvalue weighted by atomic mass is 16.6. The first-order chi connectivity index (χ1) is 9.60. The second kappa shape index (κ2) is 8.11. The first-order valence-electron chi connectivity index (χ1n) is 6.80. The van der Waals surface area contributed by atoms with Crippen LogP contribution in [0.15, 0.2) is 18.2 Å². The third-order valence-corrected chi connectivity index (χ3v) is 2.64. The lowest BCUT2D eigenvalue weighted by Gasteiger charge is -2.13. The highest BCUT2D eigenvalue weighted by Gasteiger charge is 2.09. The number of hydrogen-bond donors (Lipinski definition) is 1. The van der Waals surface area contributed by atoms with Gasteiger partial charge in [-0.15, -0.1) is 6.42 Å². The standard InChI is InChI=1S/C16H21NO3/c1-5-8-13-11-14(9-10-15(13)19-7-3)17-16(18)20-12(4)6-2/h2,9-12H,5,7-8H2,1,3-4H3,(H,17,18). The number of benzene rings is 1. The van der Waals surface area contributed by atoms with E-state index in [1.165, 1.54) is 0 Å². The number of carbonyl (C=O) groups is 1. The molecule has 1 rings (SSSR count). The summed E-state index contributed by atoms with van der Waals surface area (Å²) in [4.78, 5) is 11.6. The number of nitrogens with one attached hydrogen (secondary N) is 1. The van der Waals surface area contributed by atoms with Gasteiger partial charge in [-0.3, -0.25) is 5.32 Å². The molecule has 0 aromatic heterocycles. The van der Waals surface area contributed by atoms with Gasteiger partial charge in [0.1, 0.15) is 5.75 Å². The molecule has 4 heteroatoms. The predicted octanol–water partition coefficient (Wildman–Crippen LogP) is 3.61. The molecule has 1 aromatic carbocycles. The van der Waals surface area contributed by atoms with Crippen LogP contribution in [0.5, 0.6) is 5.75 Å². The van der Waals surface area contributed by atoms with E-state index in [0.29, 0.717) is 12.3 Å². The van der Waals surface area contributed by atoms with E-state index in [1.807, 2.05) is 19.1 Å². The van der Waals surface area contributed by atoms with Gasteiger partial charge in [0.25, 0.3) is 0 Å². The van der Waals surface area contributed by atoms with Crippen molar-refractivity contribution >= 4 is 11.8 Å². The largest absolute Gasteiger partial charge is 0.494 e. The fourth-order valence-electron chi connectivity index (χ4n) is 1.76. The summed E-state index contributed by atoms with van der Waals surface area (Å²) in [5.74, 6) is 3.19. The molecule has 0 radical (unpaired) electrons. The lowest BCUT2D eigenvalue weighted by Crippen LogP contribution is -2.19. The van der Waals surface area contributed by atoms with Gasteiger partial charge >= 0.3 is 6.09 Å². The number of rotatable bonds is 6. The summed E-state index contributed by atoms with van der Waals surface area (Å²) < 4.78 is 10.5. The van der Waals surface area contributed by atoms with E-state index in [4.69, 9.17) is 15.9 Å². The highest BCUT2D eigenvalue weighted by molar-refractivity contribution is 5.85. The molecule has 4 nitrogen and oxygen atoms in total. The number of anilines is 1. The van der Waals surface area contributed by atoms with Gasteiger partial charge in [-0.2, -0.15) is 0 Å². The van der Waals surface area contributed by atoms with Crippen LogP contribution >= 0.6 is 0 Å². The van der Waals surface area contributed by atoms with Gasteiger partial charge in [-0.25, -0.2) is 4.79 Å². The Balaban J connectivity index is 2.78. The minimum atomic E-state index is -0.554. The number of carbonyl (C=O) groups excluding carboxylic acids is 1. The van der Waals surface area contributed by atoms with Crippen LogP contribution in [0.1, 0.15) is 32.8 Å². The van der Waals surface area contributed by atoms with Crippen LogP contribution in [-0.2, 0) is 11.2 Å². The Morgan fingerprint density at radius 1 is 1.45 bits per heavy atom. The minimum Gasteiger partial charge on any atom is -0.494 e. The molecule has 1 amide bonds. The van der Waals surface area contributed by atoms with Crippen molar-refractivity contribution in [1.29, 1.82) is 0 Å². The fourth-order valence-corrected chi connectivity index (χ4v) is 1.76. The zero-order valence-electron chi connectivity index (χ0n) is 12.2. The molecule has 20 heavy (non-hydrogen) atoms. The fraction of sp³-hybridized carbons (Fsp3) is 0.438. The van der Waals surface area contributed by atoms with Crippen molar-refractivity contribution in [2.45, 2.75) is 39.7 Å². The molecule has 1 atom stereocenters. The second-order valence-electron chi connectivity index (χ2n) is 4.34. The van der Waals surface area contributed by atoms with Gasteiger partial charge in [0, 0.05) is 5.69 Å². The Hall–Kier alpha value is -2.15.